The molecule has 140 valence electrons. The highest BCUT2D eigenvalue weighted by molar-refractivity contribution is 5.96. The maximum atomic E-state index is 12.9. The van der Waals surface area contributed by atoms with Crippen LogP contribution >= 0.6 is 0 Å². The SMILES string of the molecule is CCOC(C)(C)c1cccc(N(C(=O)Oc2ccccc2)c2ccn[nH]2)c1. The van der Waals surface area contributed by atoms with Crippen molar-refractivity contribution in [2.45, 2.75) is 26.4 Å². The highest BCUT2D eigenvalue weighted by atomic mass is 16.6. The lowest BCUT2D eigenvalue weighted by atomic mass is 9.97. The zero-order chi connectivity index (χ0) is 19.3. The van der Waals surface area contributed by atoms with Crippen LogP contribution in [0.1, 0.15) is 26.3 Å². The van der Waals surface area contributed by atoms with Gasteiger partial charge in [-0.1, -0.05) is 30.3 Å². The number of hydrogen-bond donors (Lipinski definition) is 1. The van der Waals surface area contributed by atoms with E-state index in [9.17, 15) is 4.79 Å². The second-order valence-corrected chi connectivity index (χ2v) is 6.45. The lowest BCUT2D eigenvalue weighted by Gasteiger charge is -2.27. The van der Waals surface area contributed by atoms with E-state index in [1.54, 1.807) is 24.4 Å². The van der Waals surface area contributed by atoms with Crippen molar-refractivity contribution >= 4 is 17.6 Å². The molecule has 1 amide bonds. The average Bonchev–Trinajstić information content (AvgIpc) is 3.17. The third-order valence-electron chi connectivity index (χ3n) is 4.16. The number of ether oxygens (including phenoxy) is 2. The average molecular weight is 365 g/mol. The van der Waals surface area contributed by atoms with Crippen LogP contribution in [0.2, 0.25) is 0 Å². The zero-order valence-corrected chi connectivity index (χ0v) is 15.7. The van der Waals surface area contributed by atoms with Gasteiger partial charge in [-0.3, -0.25) is 5.10 Å². The zero-order valence-electron chi connectivity index (χ0n) is 15.7. The van der Waals surface area contributed by atoms with E-state index in [1.807, 2.05) is 63.2 Å². The fraction of sp³-hybridized carbons (Fsp3) is 0.238. The van der Waals surface area contributed by atoms with E-state index in [-0.39, 0.29) is 0 Å². The molecule has 6 nitrogen and oxygen atoms in total. The molecule has 6 heteroatoms. The van der Waals surface area contributed by atoms with Crippen molar-refractivity contribution in [3.8, 4) is 5.75 Å². The maximum absolute atomic E-state index is 12.9. The lowest BCUT2D eigenvalue weighted by molar-refractivity contribution is -0.0140. The Kier molecular flexibility index (Phi) is 5.57. The first kappa shape index (κ1) is 18.7. The highest BCUT2D eigenvalue weighted by Crippen LogP contribution is 2.31. The summed E-state index contributed by atoms with van der Waals surface area (Å²) in [5.41, 5.74) is 1.14. The molecule has 0 aliphatic rings. The predicted octanol–water partition coefficient (Wildman–Crippen LogP) is 5.02. The van der Waals surface area contributed by atoms with Crippen molar-refractivity contribution < 1.29 is 14.3 Å². The summed E-state index contributed by atoms with van der Waals surface area (Å²) in [5.74, 6) is 0.986. The number of H-pyrrole nitrogens is 1. The van der Waals surface area contributed by atoms with Crippen LogP contribution in [0.5, 0.6) is 5.75 Å². The minimum absolute atomic E-state index is 0.470. The molecule has 0 fully saturated rings. The Balaban J connectivity index is 1.96. The fourth-order valence-corrected chi connectivity index (χ4v) is 2.81. The Morgan fingerprint density at radius 1 is 1.11 bits per heavy atom. The molecule has 0 spiro atoms. The van der Waals surface area contributed by atoms with E-state index in [1.165, 1.54) is 4.90 Å². The number of aromatic nitrogens is 2. The van der Waals surface area contributed by atoms with E-state index in [4.69, 9.17) is 9.47 Å². The van der Waals surface area contributed by atoms with Crippen molar-refractivity contribution in [3.05, 3.63) is 72.4 Å². The molecule has 0 radical (unpaired) electrons. The summed E-state index contributed by atoms with van der Waals surface area (Å²) < 4.78 is 11.4. The van der Waals surface area contributed by atoms with E-state index >= 15 is 0 Å². The van der Waals surface area contributed by atoms with E-state index < -0.39 is 11.7 Å². The van der Waals surface area contributed by atoms with Gasteiger partial charge >= 0.3 is 6.09 Å². The van der Waals surface area contributed by atoms with Gasteiger partial charge in [0, 0.05) is 12.7 Å². The summed E-state index contributed by atoms with van der Waals surface area (Å²) in [6.45, 7) is 6.55. The van der Waals surface area contributed by atoms with Gasteiger partial charge in [-0.2, -0.15) is 5.10 Å². The smallest absolute Gasteiger partial charge is 0.410 e. The number of para-hydroxylation sites is 1. The normalized spacial score (nSPS) is 11.2. The summed E-state index contributed by atoms with van der Waals surface area (Å²) in [6.07, 6.45) is 1.06. The van der Waals surface area contributed by atoms with Crippen LogP contribution in [0, 0.1) is 0 Å². The highest BCUT2D eigenvalue weighted by Gasteiger charge is 2.25. The fourth-order valence-electron chi connectivity index (χ4n) is 2.81. The predicted molar refractivity (Wildman–Crippen MR) is 104 cm³/mol. The van der Waals surface area contributed by atoms with Crippen LogP contribution < -0.4 is 9.64 Å². The van der Waals surface area contributed by atoms with Gasteiger partial charge < -0.3 is 9.47 Å². The molecule has 3 aromatic rings. The molecule has 0 aliphatic carbocycles. The van der Waals surface area contributed by atoms with Gasteiger partial charge in [-0.25, -0.2) is 9.69 Å². The van der Waals surface area contributed by atoms with Gasteiger partial charge in [0.2, 0.25) is 0 Å². The van der Waals surface area contributed by atoms with E-state index in [0.717, 1.165) is 5.56 Å². The topological polar surface area (TPSA) is 67.4 Å². The van der Waals surface area contributed by atoms with Gasteiger partial charge in [0.15, 0.2) is 0 Å². The molecule has 0 bridgehead atoms. The molecule has 1 N–H and O–H groups in total. The summed E-state index contributed by atoms with van der Waals surface area (Å²) >= 11 is 0. The van der Waals surface area contributed by atoms with Crippen molar-refractivity contribution in [1.82, 2.24) is 10.2 Å². The summed E-state index contributed by atoms with van der Waals surface area (Å²) in [5, 5.41) is 6.79. The molecular formula is C21H23N3O3. The largest absolute Gasteiger partial charge is 0.425 e. The Morgan fingerprint density at radius 2 is 1.89 bits per heavy atom. The first-order chi connectivity index (χ1) is 13.0. The van der Waals surface area contributed by atoms with Crippen LogP contribution in [0.3, 0.4) is 0 Å². The molecule has 0 saturated carbocycles. The van der Waals surface area contributed by atoms with Gasteiger partial charge in [-0.05, 0) is 50.6 Å². The van der Waals surface area contributed by atoms with Crippen molar-refractivity contribution in [1.29, 1.82) is 0 Å². The van der Waals surface area contributed by atoms with Crippen LogP contribution in [0.4, 0.5) is 16.3 Å². The molecule has 0 atom stereocenters. The third kappa shape index (κ3) is 4.35. The summed E-state index contributed by atoms with van der Waals surface area (Å²) in [6, 6.07) is 18.3. The molecule has 1 aromatic heterocycles. The minimum atomic E-state index is -0.531. The van der Waals surface area contributed by atoms with Crippen molar-refractivity contribution in [2.24, 2.45) is 0 Å². The monoisotopic (exact) mass is 365 g/mol. The number of nitrogens with one attached hydrogen (secondary N) is 1. The Labute approximate surface area is 158 Å². The number of carbonyl (C=O) groups excluding carboxylic acids is 1. The molecule has 27 heavy (non-hydrogen) atoms. The molecule has 0 aliphatic heterocycles. The molecular weight excluding hydrogens is 342 g/mol. The second kappa shape index (κ2) is 8.05. The number of aromatic amines is 1. The molecule has 2 aromatic carbocycles. The van der Waals surface area contributed by atoms with Gasteiger partial charge in [0.05, 0.1) is 17.5 Å². The van der Waals surface area contributed by atoms with Crippen LogP contribution in [-0.4, -0.2) is 22.9 Å². The lowest BCUT2D eigenvalue weighted by Crippen LogP contribution is -2.30. The van der Waals surface area contributed by atoms with Gasteiger partial charge in [0.25, 0.3) is 0 Å². The first-order valence-electron chi connectivity index (χ1n) is 8.82. The van der Waals surface area contributed by atoms with E-state index in [0.29, 0.717) is 23.9 Å². The molecule has 0 unspecified atom stereocenters. The molecule has 0 saturated heterocycles. The van der Waals surface area contributed by atoms with Crippen LogP contribution in [0.15, 0.2) is 66.9 Å². The van der Waals surface area contributed by atoms with Gasteiger partial charge in [-0.15, -0.1) is 0 Å². The number of carbonyl (C=O) groups is 1. The van der Waals surface area contributed by atoms with Crippen molar-refractivity contribution in [3.63, 3.8) is 0 Å². The Hall–Kier alpha value is -3.12. The standard InChI is InChI=1S/C21H23N3O3/c1-4-26-21(2,3)16-9-8-10-17(15-16)24(19-13-14-22-23-19)20(25)27-18-11-6-5-7-12-18/h5-15H,4H2,1-3H3,(H,22,23). The van der Waals surface area contributed by atoms with Crippen LogP contribution in [0.25, 0.3) is 0 Å². The number of rotatable bonds is 6. The summed E-state index contributed by atoms with van der Waals surface area (Å²) in [4.78, 5) is 14.4. The van der Waals surface area contributed by atoms with E-state index in [2.05, 4.69) is 10.2 Å². The molecule has 3 rings (SSSR count). The number of amides is 1. The minimum Gasteiger partial charge on any atom is -0.410 e. The first-order valence-corrected chi connectivity index (χ1v) is 8.82. The maximum Gasteiger partial charge on any atom is 0.425 e. The Bertz CT molecular complexity index is 877. The number of benzene rings is 2. The summed E-state index contributed by atoms with van der Waals surface area (Å²) in [7, 11) is 0. The number of hydrogen-bond acceptors (Lipinski definition) is 4. The number of anilines is 2. The quantitative estimate of drug-likeness (QED) is 0.666. The van der Waals surface area contributed by atoms with Crippen molar-refractivity contribution in [2.75, 3.05) is 11.5 Å². The molecule has 1 heterocycles. The third-order valence-corrected chi connectivity index (χ3v) is 4.16. The number of nitrogens with zero attached hydrogens (tertiary/aromatic N) is 2. The van der Waals surface area contributed by atoms with Crippen LogP contribution in [-0.2, 0) is 10.3 Å². The second-order valence-electron chi connectivity index (χ2n) is 6.45. The Morgan fingerprint density at radius 3 is 2.56 bits per heavy atom. The van der Waals surface area contributed by atoms with Gasteiger partial charge in [0.1, 0.15) is 11.6 Å².